The molecule has 3 heterocycles. The SMILES string of the molecule is CC1(C)S[C@@H]2[C@H](NC(=O)[C@H](NC(=O)N3CCN(S(C)(=O)=O)C3=O)c3ccccc3)C(=O)N2[C@H]1C(=O)O.[H-].[Na+]. The number of benzene rings is 1. The van der Waals surface area contributed by atoms with E-state index in [-0.39, 0.29) is 44.1 Å². The number of nitrogens with one attached hydrogen (secondary N) is 2. The molecule has 1 aromatic rings. The summed E-state index contributed by atoms with van der Waals surface area (Å²) in [6.07, 6.45) is 0.850. The summed E-state index contributed by atoms with van der Waals surface area (Å²) >= 11 is 1.26. The van der Waals surface area contributed by atoms with Crippen molar-refractivity contribution in [3.8, 4) is 0 Å². The first-order chi connectivity index (χ1) is 16.7. The third-order valence-corrected chi connectivity index (χ3v) is 8.96. The molecule has 3 aliphatic rings. The summed E-state index contributed by atoms with van der Waals surface area (Å²) in [5, 5.41) is 14.0. The van der Waals surface area contributed by atoms with Gasteiger partial charge in [-0.25, -0.2) is 32.0 Å². The van der Waals surface area contributed by atoms with Crippen molar-refractivity contribution < 1.29 is 68.5 Å². The maximum absolute atomic E-state index is 13.3. The van der Waals surface area contributed by atoms with Crippen LogP contribution in [0.2, 0.25) is 0 Å². The van der Waals surface area contributed by atoms with Crippen molar-refractivity contribution in [1.29, 1.82) is 0 Å². The molecule has 6 amide bonds. The number of rotatable bonds is 6. The van der Waals surface area contributed by atoms with Gasteiger partial charge in [-0.3, -0.25) is 9.59 Å². The number of carbonyl (C=O) groups is 5. The predicted octanol–water partition coefficient (Wildman–Crippen LogP) is -3.12. The van der Waals surface area contributed by atoms with Gasteiger partial charge in [-0.2, -0.15) is 0 Å². The summed E-state index contributed by atoms with van der Waals surface area (Å²) in [6.45, 7) is 3.02. The maximum atomic E-state index is 13.3. The van der Waals surface area contributed by atoms with Gasteiger partial charge in [-0.15, -0.1) is 11.8 Å². The Balaban J connectivity index is 0.00000253. The number of urea groups is 2. The fraction of sp³-hybridized carbons (Fsp3) is 0.476. The molecule has 37 heavy (non-hydrogen) atoms. The van der Waals surface area contributed by atoms with Crippen molar-refractivity contribution in [2.75, 3.05) is 19.3 Å². The molecule has 16 heteroatoms. The largest absolute Gasteiger partial charge is 1.00 e. The van der Waals surface area contributed by atoms with E-state index in [4.69, 9.17) is 0 Å². The molecular formula is C21H26N5NaO8S2. The molecule has 0 spiro atoms. The zero-order valence-electron chi connectivity index (χ0n) is 21.6. The summed E-state index contributed by atoms with van der Waals surface area (Å²) in [7, 11) is -3.87. The molecule has 0 radical (unpaired) electrons. The Bertz CT molecular complexity index is 1250. The Kier molecular flexibility index (Phi) is 8.25. The van der Waals surface area contributed by atoms with Crippen molar-refractivity contribution in [2.45, 2.75) is 42.1 Å². The van der Waals surface area contributed by atoms with Crippen molar-refractivity contribution in [2.24, 2.45) is 0 Å². The number of carboxylic acid groups (broad SMARTS) is 1. The van der Waals surface area contributed by atoms with Gasteiger partial charge in [0.2, 0.25) is 21.8 Å². The molecule has 4 atom stereocenters. The molecule has 0 aliphatic carbocycles. The second kappa shape index (κ2) is 10.4. The third kappa shape index (κ3) is 5.32. The average Bonchev–Trinajstić information content (AvgIpc) is 3.31. The molecule has 3 aliphatic heterocycles. The summed E-state index contributed by atoms with van der Waals surface area (Å²) in [5.74, 6) is -2.42. The first kappa shape index (κ1) is 29.2. The fourth-order valence-electron chi connectivity index (χ4n) is 4.54. The van der Waals surface area contributed by atoms with E-state index in [9.17, 15) is 37.5 Å². The molecule has 3 saturated heterocycles. The maximum Gasteiger partial charge on any atom is 1.00 e. The number of hydrogen-bond acceptors (Lipinski definition) is 8. The van der Waals surface area contributed by atoms with Gasteiger partial charge >= 0.3 is 47.6 Å². The normalized spacial score (nSPS) is 25.1. The van der Waals surface area contributed by atoms with E-state index < -0.39 is 68.1 Å². The van der Waals surface area contributed by atoms with E-state index in [1.165, 1.54) is 16.7 Å². The van der Waals surface area contributed by atoms with E-state index >= 15 is 0 Å². The van der Waals surface area contributed by atoms with Crippen LogP contribution in [-0.4, -0.2) is 99.0 Å². The van der Waals surface area contributed by atoms with Gasteiger partial charge in [0.1, 0.15) is 23.5 Å². The molecule has 4 rings (SSSR count). The van der Waals surface area contributed by atoms with Crippen molar-refractivity contribution >= 4 is 51.6 Å². The Labute approximate surface area is 241 Å². The van der Waals surface area contributed by atoms with Crippen molar-refractivity contribution in [3.63, 3.8) is 0 Å². The number of carbonyl (C=O) groups excluding carboxylic acids is 4. The minimum atomic E-state index is -3.87. The van der Waals surface area contributed by atoms with E-state index in [0.29, 0.717) is 14.8 Å². The standard InChI is InChI=1S/C21H25N5O8S2.Na.H/c1-21(2)14(18(29)30)26-16(28)13(17(26)35-21)22-15(27)12(11-7-5-4-6-8-11)23-19(31)24-9-10-25(20(24)32)36(3,33)34;;/h4-8,12-14,17H,9-10H2,1-3H3,(H,22,27)(H,23,31)(H,29,30);;/q;+1;-1/t12-,13-,14+,17-;;/m1../s1. The van der Waals surface area contributed by atoms with Crippen LogP contribution in [0.5, 0.6) is 0 Å². The van der Waals surface area contributed by atoms with Crippen LogP contribution in [-0.2, 0) is 24.4 Å². The van der Waals surface area contributed by atoms with Gasteiger partial charge in [0.25, 0.3) is 0 Å². The Hall–Kier alpha value is -2.33. The molecule has 196 valence electrons. The van der Waals surface area contributed by atoms with Crippen LogP contribution in [0.15, 0.2) is 30.3 Å². The van der Waals surface area contributed by atoms with Crippen LogP contribution in [0, 0.1) is 0 Å². The van der Waals surface area contributed by atoms with E-state index in [1.54, 1.807) is 44.2 Å². The molecular weight excluding hydrogens is 537 g/mol. The number of carboxylic acids is 1. The number of imide groups is 1. The predicted molar refractivity (Wildman–Crippen MR) is 128 cm³/mol. The molecule has 0 bridgehead atoms. The number of β-lactam (4-membered cyclic amide) rings is 1. The molecule has 13 nitrogen and oxygen atoms in total. The minimum absolute atomic E-state index is 0. The van der Waals surface area contributed by atoms with Gasteiger partial charge in [0.15, 0.2) is 0 Å². The summed E-state index contributed by atoms with van der Waals surface area (Å²) in [6, 6.07) is 2.76. The number of hydrogen-bond donors (Lipinski definition) is 3. The summed E-state index contributed by atoms with van der Waals surface area (Å²) in [5.41, 5.74) is 0.362. The van der Waals surface area contributed by atoms with E-state index in [1.807, 2.05) is 0 Å². The number of nitrogens with zero attached hydrogens (tertiary/aromatic N) is 3. The second-order valence-corrected chi connectivity index (χ2v) is 12.8. The van der Waals surface area contributed by atoms with Gasteiger partial charge in [-0.05, 0) is 19.4 Å². The molecule has 0 aromatic heterocycles. The Morgan fingerprint density at radius 1 is 1.16 bits per heavy atom. The first-order valence-electron chi connectivity index (χ1n) is 10.9. The van der Waals surface area contributed by atoms with Crippen LogP contribution in [0.3, 0.4) is 0 Å². The molecule has 0 saturated carbocycles. The van der Waals surface area contributed by atoms with E-state index in [0.717, 1.165) is 6.26 Å². The Morgan fingerprint density at radius 2 is 1.78 bits per heavy atom. The second-order valence-electron chi connectivity index (χ2n) is 9.15. The molecule has 3 fully saturated rings. The third-order valence-electron chi connectivity index (χ3n) is 6.25. The van der Waals surface area contributed by atoms with Crippen LogP contribution >= 0.6 is 11.8 Å². The van der Waals surface area contributed by atoms with Gasteiger partial charge in [0, 0.05) is 4.75 Å². The number of amides is 6. The molecule has 1 aromatic carbocycles. The minimum Gasteiger partial charge on any atom is -1.00 e. The van der Waals surface area contributed by atoms with Crippen molar-refractivity contribution in [1.82, 2.24) is 24.7 Å². The van der Waals surface area contributed by atoms with Crippen LogP contribution in [0.1, 0.15) is 26.9 Å². The van der Waals surface area contributed by atoms with Crippen molar-refractivity contribution in [3.05, 3.63) is 35.9 Å². The van der Waals surface area contributed by atoms with Crippen LogP contribution in [0.4, 0.5) is 9.59 Å². The average molecular weight is 564 g/mol. The number of thioether (sulfide) groups is 1. The summed E-state index contributed by atoms with van der Waals surface area (Å²) < 4.78 is 23.3. The Morgan fingerprint density at radius 3 is 2.32 bits per heavy atom. The summed E-state index contributed by atoms with van der Waals surface area (Å²) in [4.78, 5) is 65.0. The molecule has 3 N–H and O–H groups in total. The van der Waals surface area contributed by atoms with Gasteiger partial charge < -0.3 is 22.1 Å². The fourth-order valence-corrected chi connectivity index (χ4v) is 6.96. The number of aliphatic carboxylic acids is 1. The number of sulfonamides is 1. The first-order valence-corrected chi connectivity index (χ1v) is 13.6. The van der Waals surface area contributed by atoms with Crippen LogP contribution < -0.4 is 40.2 Å². The van der Waals surface area contributed by atoms with Gasteiger partial charge in [-0.1, -0.05) is 30.3 Å². The zero-order valence-corrected chi connectivity index (χ0v) is 24.2. The zero-order chi connectivity index (χ0) is 26.6. The number of fused-ring (bicyclic) bond motifs is 1. The smallest absolute Gasteiger partial charge is 1.00 e. The molecule has 0 unspecified atom stereocenters. The monoisotopic (exact) mass is 563 g/mol. The van der Waals surface area contributed by atoms with Crippen LogP contribution in [0.25, 0.3) is 0 Å². The van der Waals surface area contributed by atoms with Gasteiger partial charge in [0.05, 0.1) is 19.3 Å². The topological polar surface area (TPSA) is 173 Å². The quantitative estimate of drug-likeness (QED) is 0.239. The van der Waals surface area contributed by atoms with E-state index in [2.05, 4.69) is 10.6 Å².